The number of carboxylic acid groups (broad SMARTS) is 1. The number of anilines is 1. The normalized spacial score (nSPS) is 12.3. The van der Waals surface area contributed by atoms with Gasteiger partial charge < -0.3 is 15.3 Å². The summed E-state index contributed by atoms with van der Waals surface area (Å²) < 4.78 is 1.98. The van der Waals surface area contributed by atoms with Crippen LogP contribution in [0.2, 0.25) is 0 Å². The lowest BCUT2D eigenvalue weighted by Crippen LogP contribution is -2.36. The highest BCUT2D eigenvalue weighted by Crippen LogP contribution is 2.23. The largest absolute Gasteiger partial charge is 0.481 e. The minimum absolute atomic E-state index is 0.156. The summed E-state index contributed by atoms with van der Waals surface area (Å²) >= 11 is 0. The van der Waals surface area contributed by atoms with E-state index in [1.54, 1.807) is 20.2 Å². The highest BCUT2D eigenvalue weighted by molar-refractivity contribution is 5.90. The fourth-order valence-corrected chi connectivity index (χ4v) is 2.58. The van der Waals surface area contributed by atoms with E-state index in [2.05, 4.69) is 24.3 Å². The molecule has 0 aliphatic carbocycles. The molecular formula is C16H28N4O3. The monoisotopic (exact) mass is 324 g/mol. The van der Waals surface area contributed by atoms with Gasteiger partial charge in [0.2, 0.25) is 0 Å². The first-order valence-electron chi connectivity index (χ1n) is 8.16. The van der Waals surface area contributed by atoms with Crippen molar-refractivity contribution in [2.45, 2.75) is 53.0 Å². The van der Waals surface area contributed by atoms with Crippen LogP contribution in [0.15, 0.2) is 6.20 Å². The van der Waals surface area contributed by atoms with Gasteiger partial charge in [-0.25, -0.2) is 4.79 Å². The molecule has 0 spiro atoms. The topological polar surface area (TPSA) is 87.5 Å². The number of nitrogens with one attached hydrogen (secondary N) is 1. The summed E-state index contributed by atoms with van der Waals surface area (Å²) in [5, 5.41) is 16.2. The Labute approximate surface area is 137 Å². The first kappa shape index (κ1) is 19.0. The molecule has 1 aromatic rings. The zero-order valence-electron chi connectivity index (χ0n) is 14.7. The Kier molecular flexibility index (Phi) is 7.06. The maximum atomic E-state index is 12.2. The third-order valence-corrected chi connectivity index (χ3v) is 4.08. The zero-order chi connectivity index (χ0) is 17.6. The van der Waals surface area contributed by atoms with Crippen molar-refractivity contribution < 1.29 is 14.7 Å². The van der Waals surface area contributed by atoms with Crippen molar-refractivity contribution in [3.63, 3.8) is 0 Å². The highest BCUT2D eigenvalue weighted by atomic mass is 16.4. The maximum absolute atomic E-state index is 12.2. The number of carbonyl (C=O) groups is 2. The summed E-state index contributed by atoms with van der Waals surface area (Å²) in [5.41, 5.74) is 1.69. The van der Waals surface area contributed by atoms with Crippen LogP contribution in [0, 0.1) is 5.92 Å². The lowest BCUT2D eigenvalue weighted by molar-refractivity contribution is -0.141. The summed E-state index contributed by atoms with van der Waals surface area (Å²) in [4.78, 5) is 24.5. The van der Waals surface area contributed by atoms with Crippen molar-refractivity contribution in [2.24, 2.45) is 5.92 Å². The molecule has 0 saturated heterocycles. The second-order valence-corrected chi connectivity index (χ2v) is 5.82. The van der Waals surface area contributed by atoms with Crippen LogP contribution in [0.1, 0.15) is 52.3 Å². The van der Waals surface area contributed by atoms with Crippen molar-refractivity contribution in [3.05, 3.63) is 11.9 Å². The van der Waals surface area contributed by atoms with Crippen molar-refractivity contribution in [2.75, 3.05) is 18.9 Å². The number of hydrogen-bond donors (Lipinski definition) is 2. The Balaban J connectivity index is 2.84. The third kappa shape index (κ3) is 4.71. The van der Waals surface area contributed by atoms with E-state index in [1.165, 1.54) is 4.90 Å². The van der Waals surface area contributed by atoms with Gasteiger partial charge in [0.25, 0.3) is 0 Å². The lowest BCUT2D eigenvalue weighted by atomic mass is 10.1. The molecule has 2 amide bonds. The van der Waals surface area contributed by atoms with Gasteiger partial charge in [-0.05, 0) is 19.3 Å². The van der Waals surface area contributed by atoms with E-state index in [0.717, 1.165) is 25.0 Å². The molecule has 0 saturated carbocycles. The van der Waals surface area contributed by atoms with Gasteiger partial charge in [-0.15, -0.1) is 0 Å². The molecule has 23 heavy (non-hydrogen) atoms. The Morgan fingerprint density at radius 1 is 1.35 bits per heavy atom. The van der Waals surface area contributed by atoms with Crippen LogP contribution in [0.25, 0.3) is 0 Å². The molecule has 0 aromatic carbocycles. The molecule has 1 unspecified atom stereocenters. The first-order valence-corrected chi connectivity index (χ1v) is 8.16. The molecule has 0 fully saturated rings. The van der Waals surface area contributed by atoms with Crippen LogP contribution < -0.4 is 5.32 Å². The number of carbonyl (C=O) groups excluding carboxylic acids is 1. The van der Waals surface area contributed by atoms with Crippen molar-refractivity contribution in [1.29, 1.82) is 0 Å². The predicted molar refractivity (Wildman–Crippen MR) is 89.7 cm³/mol. The van der Waals surface area contributed by atoms with E-state index in [4.69, 9.17) is 5.11 Å². The van der Waals surface area contributed by atoms with Gasteiger partial charge in [0.05, 0.1) is 29.5 Å². The van der Waals surface area contributed by atoms with Gasteiger partial charge in [0.15, 0.2) is 0 Å². The van der Waals surface area contributed by atoms with Gasteiger partial charge >= 0.3 is 12.0 Å². The molecule has 7 nitrogen and oxygen atoms in total. The second kappa shape index (κ2) is 8.55. The van der Waals surface area contributed by atoms with Crippen LogP contribution in [0.5, 0.6) is 0 Å². The quantitative estimate of drug-likeness (QED) is 0.769. The SMILES string of the molecule is CCc1c(NC(=O)N(C)CC(C)C(=O)O)cnn1C(CC)CC. The molecule has 0 bridgehead atoms. The Hall–Kier alpha value is -2.05. The van der Waals surface area contributed by atoms with E-state index in [9.17, 15) is 9.59 Å². The molecule has 1 aromatic heterocycles. The molecule has 1 rings (SSSR count). The van der Waals surface area contributed by atoms with Crippen LogP contribution in [0.4, 0.5) is 10.5 Å². The Morgan fingerprint density at radius 3 is 2.43 bits per heavy atom. The van der Waals surface area contributed by atoms with Crippen molar-refractivity contribution >= 4 is 17.7 Å². The number of hydrogen-bond acceptors (Lipinski definition) is 3. The van der Waals surface area contributed by atoms with Gasteiger partial charge in [-0.1, -0.05) is 27.7 Å². The van der Waals surface area contributed by atoms with Crippen molar-refractivity contribution in [3.8, 4) is 0 Å². The standard InChI is InChI=1S/C16H28N4O3/c1-6-12(7-2)20-14(8-3)13(9-17-20)18-16(23)19(5)10-11(4)15(21)22/h9,11-12H,6-8,10H2,1-5H3,(H,18,23)(H,21,22). The van der Waals surface area contributed by atoms with Crippen molar-refractivity contribution in [1.82, 2.24) is 14.7 Å². The molecule has 1 heterocycles. The molecule has 0 aliphatic heterocycles. The Morgan fingerprint density at radius 2 is 1.96 bits per heavy atom. The summed E-state index contributed by atoms with van der Waals surface area (Å²) in [6, 6.07) is -0.00254. The number of nitrogens with zero attached hydrogens (tertiary/aromatic N) is 3. The van der Waals surface area contributed by atoms with E-state index in [0.29, 0.717) is 11.7 Å². The molecular weight excluding hydrogens is 296 g/mol. The van der Waals surface area contributed by atoms with Gasteiger partial charge in [0, 0.05) is 13.6 Å². The summed E-state index contributed by atoms with van der Waals surface area (Å²) in [6.45, 7) is 8.00. The van der Waals surface area contributed by atoms with Gasteiger partial charge in [0.1, 0.15) is 0 Å². The molecule has 2 N–H and O–H groups in total. The lowest BCUT2D eigenvalue weighted by Gasteiger charge is -2.21. The van der Waals surface area contributed by atoms with Gasteiger partial charge in [-0.2, -0.15) is 5.10 Å². The smallest absolute Gasteiger partial charge is 0.321 e. The third-order valence-electron chi connectivity index (χ3n) is 4.08. The molecule has 7 heteroatoms. The minimum atomic E-state index is -0.916. The van der Waals surface area contributed by atoms with E-state index in [1.807, 2.05) is 11.6 Å². The van der Waals surface area contributed by atoms with E-state index in [-0.39, 0.29) is 12.6 Å². The molecule has 130 valence electrons. The van der Waals surface area contributed by atoms with Crippen LogP contribution in [-0.2, 0) is 11.2 Å². The number of carboxylic acids is 1. The number of rotatable bonds is 8. The molecule has 0 aliphatic rings. The average Bonchev–Trinajstić information content (AvgIpc) is 2.90. The minimum Gasteiger partial charge on any atom is -0.481 e. The fourth-order valence-electron chi connectivity index (χ4n) is 2.58. The Bertz CT molecular complexity index is 537. The number of amides is 2. The first-order chi connectivity index (χ1) is 10.8. The van der Waals surface area contributed by atoms with Gasteiger partial charge in [-0.3, -0.25) is 9.48 Å². The number of aliphatic carboxylic acids is 1. The van der Waals surface area contributed by atoms with E-state index >= 15 is 0 Å². The molecule has 0 radical (unpaired) electrons. The zero-order valence-corrected chi connectivity index (χ0v) is 14.7. The van der Waals surface area contributed by atoms with E-state index < -0.39 is 11.9 Å². The van der Waals surface area contributed by atoms with Crippen LogP contribution in [-0.4, -0.2) is 45.4 Å². The number of urea groups is 1. The number of aromatic nitrogens is 2. The van der Waals surface area contributed by atoms with Crippen LogP contribution >= 0.6 is 0 Å². The molecule has 1 atom stereocenters. The maximum Gasteiger partial charge on any atom is 0.321 e. The highest BCUT2D eigenvalue weighted by Gasteiger charge is 2.20. The fraction of sp³-hybridized carbons (Fsp3) is 0.688. The summed E-state index contributed by atoms with van der Waals surface area (Å²) in [5.74, 6) is -1.52. The van der Waals surface area contributed by atoms with Crippen LogP contribution in [0.3, 0.4) is 0 Å². The second-order valence-electron chi connectivity index (χ2n) is 5.82. The summed E-state index contributed by atoms with van der Waals surface area (Å²) in [6.07, 6.45) is 4.40. The average molecular weight is 324 g/mol. The predicted octanol–water partition coefficient (Wildman–Crippen LogP) is 2.99. The summed E-state index contributed by atoms with van der Waals surface area (Å²) in [7, 11) is 1.59.